The van der Waals surface area contributed by atoms with Gasteiger partial charge in [-0.2, -0.15) is 0 Å². The maximum Gasteiger partial charge on any atom is 0.208 e. The molecule has 0 aromatic heterocycles. The zero-order valence-corrected chi connectivity index (χ0v) is 10.4. The summed E-state index contributed by atoms with van der Waals surface area (Å²) in [5, 5.41) is 0. The summed E-state index contributed by atoms with van der Waals surface area (Å²) >= 11 is 0. The van der Waals surface area contributed by atoms with Crippen LogP contribution in [0, 0.1) is 6.92 Å². The Labute approximate surface area is 96.7 Å². The van der Waals surface area contributed by atoms with Crippen molar-refractivity contribution in [3.63, 3.8) is 0 Å². The normalized spacial score (nSPS) is 11.4. The first-order chi connectivity index (χ1) is 7.47. The first-order valence-corrected chi connectivity index (χ1v) is 7.00. The molecule has 0 fully saturated rings. The molecule has 0 bridgehead atoms. The van der Waals surface area contributed by atoms with Crippen LogP contribution in [0.4, 0.5) is 0 Å². The topological polar surface area (TPSA) is 55.4 Å². The Morgan fingerprint density at radius 1 is 1.38 bits per heavy atom. The van der Waals surface area contributed by atoms with E-state index in [1.807, 2.05) is 31.2 Å². The number of nitrogens with one attached hydrogen (secondary N) is 1. The highest BCUT2D eigenvalue weighted by Gasteiger charge is 1.99. The summed E-state index contributed by atoms with van der Waals surface area (Å²) in [7, 11) is -3.08. The molecule has 1 aromatic carbocycles. The number of hydrogen-bond donors (Lipinski definition) is 1. The van der Waals surface area contributed by atoms with Crippen molar-refractivity contribution in [2.75, 3.05) is 19.4 Å². The zero-order valence-electron chi connectivity index (χ0n) is 9.56. The van der Waals surface area contributed by atoms with E-state index in [0.29, 0.717) is 19.6 Å². The lowest BCUT2D eigenvalue weighted by Crippen LogP contribution is -2.24. The third kappa shape index (κ3) is 5.72. The van der Waals surface area contributed by atoms with Gasteiger partial charge in [0.2, 0.25) is 10.0 Å². The fraction of sp³-hybridized carbons (Fsp3) is 0.455. The van der Waals surface area contributed by atoms with Crippen LogP contribution >= 0.6 is 0 Å². The smallest absolute Gasteiger partial charge is 0.208 e. The van der Waals surface area contributed by atoms with Gasteiger partial charge in [0.15, 0.2) is 0 Å². The second-order valence-corrected chi connectivity index (χ2v) is 5.52. The Kier molecular flexibility index (Phi) is 4.76. The van der Waals surface area contributed by atoms with Gasteiger partial charge in [-0.1, -0.05) is 12.1 Å². The maximum atomic E-state index is 10.8. The minimum Gasteiger partial charge on any atom is -0.494 e. The van der Waals surface area contributed by atoms with E-state index in [1.165, 1.54) is 0 Å². The van der Waals surface area contributed by atoms with E-state index in [2.05, 4.69) is 4.72 Å². The Morgan fingerprint density at radius 3 is 2.75 bits per heavy atom. The highest BCUT2D eigenvalue weighted by Crippen LogP contribution is 2.12. The average molecular weight is 243 g/mol. The molecule has 0 amide bonds. The highest BCUT2D eigenvalue weighted by atomic mass is 32.2. The molecule has 4 nitrogen and oxygen atoms in total. The van der Waals surface area contributed by atoms with Crippen LogP contribution in [0.25, 0.3) is 0 Å². The number of aryl methyl sites for hydroxylation is 1. The molecule has 1 rings (SSSR count). The first-order valence-electron chi connectivity index (χ1n) is 5.11. The van der Waals surface area contributed by atoms with Gasteiger partial charge in [-0.3, -0.25) is 0 Å². The minimum atomic E-state index is -3.08. The van der Waals surface area contributed by atoms with Crippen molar-refractivity contribution in [1.82, 2.24) is 4.72 Å². The Hall–Kier alpha value is -1.07. The Bertz CT molecular complexity index is 429. The third-order valence-electron chi connectivity index (χ3n) is 1.94. The number of rotatable bonds is 6. The molecule has 0 unspecified atom stereocenters. The second-order valence-electron chi connectivity index (χ2n) is 3.69. The van der Waals surface area contributed by atoms with Crippen LogP contribution in [0.1, 0.15) is 12.0 Å². The van der Waals surface area contributed by atoms with Gasteiger partial charge in [0.05, 0.1) is 12.9 Å². The van der Waals surface area contributed by atoms with Gasteiger partial charge >= 0.3 is 0 Å². The van der Waals surface area contributed by atoms with Crippen LogP contribution in [-0.2, 0) is 10.0 Å². The highest BCUT2D eigenvalue weighted by molar-refractivity contribution is 7.88. The summed E-state index contributed by atoms with van der Waals surface area (Å²) in [4.78, 5) is 0. The van der Waals surface area contributed by atoms with E-state index in [0.717, 1.165) is 17.6 Å². The average Bonchev–Trinajstić information content (AvgIpc) is 2.15. The molecule has 0 atom stereocenters. The van der Waals surface area contributed by atoms with Crippen molar-refractivity contribution in [2.45, 2.75) is 13.3 Å². The van der Waals surface area contributed by atoms with Crippen molar-refractivity contribution >= 4 is 10.0 Å². The van der Waals surface area contributed by atoms with E-state index in [-0.39, 0.29) is 0 Å². The van der Waals surface area contributed by atoms with E-state index in [9.17, 15) is 8.42 Å². The predicted octanol–water partition coefficient (Wildman–Crippen LogP) is 1.31. The van der Waals surface area contributed by atoms with Crippen LogP contribution in [0.15, 0.2) is 24.3 Å². The van der Waals surface area contributed by atoms with Crippen molar-refractivity contribution in [1.29, 1.82) is 0 Å². The standard InChI is InChI=1S/C11H17NO3S/c1-10-5-3-6-11(9-10)15-8-4-7-12-16(2,13)14/h3,5-6,9,12H,4,7-8H2,1-2H3. The molecule has 0 aliphatic heterocycles. The lowest BCUT2D eigenvalue weighted by molar-refractivity contribution is 0.311. The van der Waals surface area contributed by atoms with E-state index in [4.69, 9.17) is 4.74 Å². The molecule has 0 spiro atoms. The van der Waals surface area contributed by atoms with Crippen molar-refractivity contribution in [3.8, 4) is 5.75 Å². The predicted molar refractivity (Wildman–Crippen MR) is 64.1 cm³/mol. The molecule has 90 valence electrons. The molecule has 1 aromatic rings. The maximum absolute atomic E-state index is 10.8. The number of sulfonamides is 1. The van der Waals surface area contributed by atoms with Crippen LogP contribution in [0.2, 0.25) is 0 Å². The van der Waals surface area contributed by atoms with E-state index in [1.54, 1.807) is 0 Å². The van der Waals surface area contributed by atoms with Crippen molar-refractivity contribution < 1.29 is 13.2 Å². The summed E-state index contributed by atoms with van der Waals surface area (Å²) in [5.41, 5.74) is 1.15. The van der Waals surface area contributed by atoms with Gasteiger partial charge in [-0.15, -0.1) is 0 Å². The molecule has 1 N–H and O–H groups in total. The van der Waals surface area contributed by atoms with Gasteiger partial charge in [0.1, 0.15) is 5.75 Å². The fourth-order valence-electron chi connectivity index (χ4n) is 1.22. The van der Waals surface area contributed by atoms with E-state index < -0.39 is 10.0 Å². The fourth-order valence-corrected chi connectivity index (χ4v) is 1.74. The lowest BCUT2D eigenvalue weighted by atomic mass is 10.2. The minimum absolute atomic E-state index is 0.407. The molecular weight excluding hydrogens is 226 g/mol. The lowest BCUT2D eigenvalue weighted by Gasteiger charge is -2.06. The monoisotopic (exact) mass is 243 g/mol. The Morgan fingerprint density at radius 2 is 2.12 bits per heavy atom. The molecule has 0 aliphatic rings. The largest absolute Gasteiger partial charge is 0.494 e. The first kappa shape index (κ1) is 13.0. The van der Waals surface area contributed by atoms with Crippen molar-refractivity contribution in [3.05, 3.63) is 29.8 Å². The Balaban J connectivity index is 2.21. The van der Waals surface area contributed by atoms with Gasteiger partial charge in [-0.05, 0) is 31.0 Å². The number of ether oxygens (including phenoxy) is 1. The molecule has 5 heteroatoms. The summed E-state index contributed by atoms with van der Waals surface area (Å²) in [6.07, 6.45) is 1.80. The van der Waals surface area contributed by atoms with Crippen LogP contribution < -0.4 is 9.46 Å². The molecule has 0 heterocycles. The SMILES string of the molecule is Cc1cccc(OCCCNS(C)(=O)=O)c1. The van der Waals surface area contributed by atoms with Crippen LogP contribution in [0.3, 0.4) is 0 Å². The van der Waals surface area contributed by atoms with Gasteiger partial charge in [0.25, 0.3) is 0 Å². The summed E-state index contributed by atoms with van der Waals surface area (Å²) < 4.78 is 29.4. The van der Waals surface area contributed by atoms with E-state index >= 15 is 0 Å². The number of hydrogen-bond acceptors (Lipinski definition) is 3. The molecule has 16 heavy (non-hydrogen) atoms. The molecule has 0 saturated carbocycles. The van der Waals surface area contributed by atoms with Crippen LogP contribution in [-0.4, -0.2) is 27.8 Å². The van der Waals surface area contributed by atoms with Crippen LogP contribution in [0.5, 0.6) is 5.75 Å². The molecule has 0 saturated heterocycles. The second kappa shape index (κ2) is 5.86. The zero-order chi connectivity index (χ0) is 12.0. The number of benzene rings is 1. The molecule has 0 radical (unpaired) electrons. The summed E-state index contributed by atoms with van der Waals surface area (Å²) in [5.74, 6) is 0.819. The van der Waals surface area contributed by atoms with Crippen molar-refractivity contribution in [2.24, 2.45) is 0 Å². The van der Waals surface area contributed by atoms with Gasteiger partial charge in [-0.25, -0.2) is 13.1 Å². The van der Waals surface area contributed by atoms with Gasteiger partial charge < -0.3 is 4.74 Å². The summed E-state index contributed by atoms with van der Waals surface area (Å²) in [6.45, 7) is 2.91. The quantitative estimate of drug-likeness (QED) is 0.766. The van der Waals surface area contributed by atoms with Gasteiger partial charge in [0, 0.05) is 6.54 Å². The molecular formula is C11H17NO3S. The third-order valence-corrected chi connectivity index (χ3v) is 2.67. The summed E-state index contributed by atoms with van der Waals surface area (Å²) in [6, 6.07) is 7.76. The molecule has 0 aliphatic carbocycles.